The second-order valence-electron chi connectivity index (χ2n) is 4.72. The number of likely N-dealkylation sites (tertiary alicyclic amines) is 1. The zero-order chi connectivity index (χ0) is 13.1. The SMILES string of the molecule is Cc1csc(NC(=O)C(=O)N2CCC(C)CC2)n1. The molecule has 2 heterocycles. The van der Waals surface area contributed by atoms with Crippen molar-refractivity contribution in [3.8, 4) is 0 Å². The van der Waals surface area contributed by atoms with Crippen LogP contribution in [0.5, 0.6) is 0 Å². The molecule has 0 aliphatic carbocycles. The first kappa shape index (κ1) is 13.0. The molecule has 0 spiro atoms. The lowest BCUT2D eigenvalue weighted by Crippen LogP contribution is -2.43. The van der Waals surface area contributed by atoms with Crippen LogP contribution in [0.1, 0.15) is 25.5 Å². The molecule has 0 saturated carbocycles. The fourth-order valence-electron chi connectivity index (χ4n) is 1.92. The summed E-state index contributed by atoms with van der Waals surface area (Å²) in [4.78, 5) is 29.4. The smallest absolute Gasteiger partial charge is 0.315 e. The number of nitrogens with zero attached hydrogens (tertiary/aromatic N) is 2. The molecule has 1 fully saturated rings. The van der Waals surface area contributed by atoms with Crippen LogP contribution in [0.15, 0.2) is 5.38 Å². The highest BCUT2D eigenvalue weighted by atomic mass is 32.1. The van der Waals surface area contributed by atoms with Gasteiger partial charge in [-0.25, -0.2) is 4.98 Å². The molecule has 18 heavy (non-hydrogen) atoms. The second kappa shape index (κ2) is 5.48. The minimum absolute atomic E-state index is 0.449. The molecular weight excluding hydrogens is 250 g/mol. The normalized spacial score (nSPS) is 16.7. The molecular formula is C12H17N3O2S. The lowest BCUT2D eigenvalue weighted by molar-refractivity contribution is -0.144. The first-order valence-corrected chi connectivity index (χ1v) is 6.96. The molecule has 1 aromatic rings. The molecule has 6 heteroatoms. The summed E-state index contributed by atoms with van der Waals surface area (Å²) in [7, 11) is 0. The van der Waals surface area contributed by atoms with Crippen LogP contribution in [-0.2, 0) is 9.59 Å². The largest absolute Gasteiger partial charge is 0.334 e. The van der Waals surface area contributed by atoms with Crippen LogP contribution < -0.4 is 5.32 Å². The molecule has 0 bridgehead atoms. The molecule has 1 aromatic heterocycles. The number of nitrogens with one attached hydrogen (secondary N) is 1. The number of rotatable bonds is 1. The van der Waals surface area contributed by atoms with E-state index in [1.165, 1.54) is 11.3 Å². The third-order valence-corrected chi connectivity index (χ3v) is 3.98. The van der Waals surface area contributed by atoms with Crippen molar-refractivity contribution in [3.05, 3.63) is 11.1 Å². The second-order valence-corrected chi connectivity index (χ2v) is 5.58. The fraction of sp³-hybridized carbons (Fsp3) is 0.583. The Morgan fingerprint density at radius 3 is 2.67 bits per heavy atom. The Balaban J connectivity index is 1.90. The highest BCUT2D eigenvalue weighted by molar-refractivity contribution is 7.14. The summed E-state index contributed by atoms with van der Waals surface area (Å²) in [6.45, 7) is 5.36. The van der Waals surface area contributed by atoms with E-state index in [1.54, 1.807) is 4.90 Å². The van der Waals surface area contributed by atoms with Gasteiger partial charge in [0.1, 0.15) is 0 Å². The monoisotopic (exact) mass is 267 g/mol. The Kier molecular flexibility index (Phi) is 3.96. The molecule has 1 saturated heterocycles. The molecule has 1 aliphatic heterocycles. The van der Waals surface area contributed by atoms with Crippen LogP contribution in [0.25, 0.3) is 0 Å². The predicted octanol–water partition coefficient (Wildman–Crippen LogP) is 1.65. The lowest BCUT2D eigenvalue weighted by atomic mass is 9.99. The zero-order valence-electron chi connectivity index (χ0n) is 10.6. The lowest BCUT2D eigenvalue weighted by Gasteiger charge is -2.29. The molecule has 1 N–H and O–H groups in total. The first-order chi connectivity index (χ1) is 8.56. The number of hydrogen-bond acceptors (Lipinski definition) is 4. The van der Waals surface area contributed by atoms with Gasteiger partial charge in [0.25, 0.3) is 0 Å². The maximum absolute atomic E-state index is 11.9. The molecule has 0 radical (unpaired) electrons. The number of anilines is 1. The van der Waals surface area contributed by atoms with E-state index in [4.69, 9.17) is 0 Å². The van der Waals surface area contributed by atoms with Crippen LogP contribution >= 0.6 is 11.3 Å². The molecule has 1 aliphatic rings. The Morgan fingerprint density at radius 2 is 2.11 bits per heavy atom. The summed E-state index contributed by atoms with van der Waals surface area (Å²) in [5.41, 5.74) is 0.842. The summed E-state index contributed by atoms with van der Waals surface area (Å²) < 4.78 is 0. The van der Waals surface area contributed by atoms with E-state index < -0.39 is 11.8 Å². The standard InChI is InChI=1S/C12H17N3O2S/c1-8-3-5-15(6-4-8)11(17)10(16)14-12-13-9(2)7-18-12/h7-8H,3-6H2,1-2H3,(H,13,14,16). The molecule has 0 aromatic carbocycles. The van der Waals surface area contributed by atoms with Gasteiger partial charge < -0.3 is 4.90 Å². The minimum Gasteiger partial charge on any atom is -0.334 e. The van der Waals surface area contributed by atoms with Gasteiger partial charge in [0.2, 0.25) is 0 Å². The Labute approximate surface area is 110 Å². The number of amides is 2. The Bertz CT molecular complexity index is 450. The third kappa shape index (κ3) is 3.07. The van der Waals surface area contributed by atoms with E-state index in [1.807, 2.05) is 12.3 Å². The van der Waals surface area contributed by atoms with Crippen LogP contribution in [0, 0.1) is 12.8 Å². The van der Waals surface area contributed by atoms with Gasteiger partial charge >= 0.3 is 11.8 Å². The average Bonchev–Trinajstić information content (AvgIpc) is 2.75. The van der Waals surface area contributed by atoms with Crippen LogP contribution in [0.4, 0.5) is 5.13 Å². The Hall–Kier alpha value is -1.43. The highest BCUT2D eigenvalue weighted by Crippen LogP contribution is 2.17. The van der Waals surface area contributed by atoms with Crippen molar-refractivity contribution in [3.63, 3.8) is 0 Å². The zero-order valence-corrected chi connectivity index (χ0v) is 11.4. The molecule has 2 amide bonds. The van der Waals surface area contributed by atoms with Crippen molar-refractivity contribution in [2.75, 3.05) is 18.4 Å². The van der Waals surface area contributed by atoms with E-state index in [-0.39, 0.29) is 0 Å². The van der Waals surface area contributed by atoms with Crippen LogP contribution in [0.2, 0.25) is 0 Å². The Morgan fingerprint density at radius 1 is 1.44 bits per heavy atom. The number of piperidine rings is 1. The van der Waals surface area contributed by atoms with Crippen molar-refractivity contribution in [2.45, 2.75) is 26.7 Å². The maximum atomic E-state index is 11.9. The fourth-order valence-corrected chi connectivity index (χ4v) is 2.60. The predicted molar refractivity (Wildman–Crippen MR) is 70.5 cm³/mol. The summed E-state index contributed by atoms with van der Waals surface area (Å²) in [6.07, 6.45) is 1.94. The van der Waals surface area contributed by atoms with Crippen LogP contribution in [-0.4, -0.2) is 34.8 Å². The van der Waals surface area contributed by atoms with Gasteiger partial charge in [-0.15, -0.1) is 11.3 Å². The number of hydrogen-bond donors (Lipinski definition) is 1. The van der Waals surface area contributed by atoms with Gasteiger partial charge in [-0.05, 0) is 25.7 Å². The van der Waals surface area contributed by atoms with Gasteiger partial charge in [-0.2, -0.15) is 0 Å². The number of carbonyl (C=O) groups excluding carboxylic acids is 2. The van der Waals surface area contributed by atoms with E-state index in [0.29, 0.717) is 24.1 Å². The molecule has 0 atom stereocenters. The summed E-state index contributed by atoms with van der Waals surface area (Å²) in [6, 6.07) is 0. The van der Waals surface area contributed by atoms with E-state index in [0.717, 1.165) is 18.5 Å². The van der Waals surface area contributed by atoms with Crippen molar-refractivity contribution in [2.24, 2.45) is 5.92 Å². The van der Waals surface area contributed by atoms with Crippen molar-refractivity contribution in [1.82, 2.24) is 9.88 Å². The molecule has 0 unspecified atom stereocenters. The number of aromatic nitrogens is 1. The van der Waals surface area contributed by atoms with Crippen molar-refractivity contribution < 1.29 is 9.59 Å². The summed E-state index contributed by atoms with van der Waals surface area (Å²) in [5, 5.41) is 4.87. The van der Waals surface area contributed by atoms with Crippen molar-refractivity contribution in [1.29, 1.82) is 0 Å². The molecule has 98 valence electrons. The maximum Gasteiger partial charge on any atom is 0.315 e. The quantitative estimate of drug-likeness (QED) is 0.787. The number of aryl methyl sites for hydroxylation is 1. The highest BCUT2D eigenvalue weighted by Gasteiger charge is 2.25. The topological polar surface area (TPSA) is 62.3 Å². The van der Waals surface area contributed by atoms with E-state index in [9.17, 15) is 9.59 Å². The molecule has 5 nitrogen and oxygen atoms in total. The number of carbonyl (C=O) groups is 2. The molecule has 2 rings (SSSR count). The van der Waals surface area contributed by atoms with E-state index in [2.05, 4.69) is 17.2 Å². The van der Waals surface area contributed by atoms with Gasteiger partial charge in [0.05, 0.1) is 5.69 Å². The minimum atomic E-state index is -0.584. The van der Waals surface area contributed by atoms with Gasteiger partial charge in [0.15, 0.2) is 5.13 Å². The van der Waals surface area contributed by atoms with Gasteiger partial charge in [-0.3, -0.25) is 14.9 Å². The summed E-state index contributed by atoms with van der Waals surface area (Å²) in [5.74, 6) is -0.396. The van der Waals surface area contributed by atoms with Crippen molar-refractivity contribution >= 4 is 28.3 Å². The average molecular weight is 267 g/mol. The first-order valence-electron chi connectivity index (χ1n) is 6.08. The van der Waals surface area contributed by atoms with E-state index >= 15 is 0 Å². The van der Waals surface area contributed by atoms with Gasteiger partial charge in [0, 0.05) is 18.5 Å². The van der Waals surface area contributed by atoms with Crippen LogP contribution in [0.3, 0.4) is 0 Å². The summed E-state index contributed by atoms with van der Waals surface area (Å²) >= 11 is 1.33. The number of thiazole rings is 1. The van der Waals surface area contributed by atoms with Gasteiger partial charge in [-0.1, -0.05) is 6.92 Å². The third-order valence-electron chi connectivity index (χ3n) is 3.10.